The summed E-state index contributed by atoms with van der Waals surface area (Å²) in [5.41, 5.74) is 6.86. The summed E-state index contributed by atoms with van der Waals surface area (Å²) in [6.07, 6.45) is 0. The van der Waals surface area contributed by atoms with Crippen molar-refractivity contribution in [3.63, 3.8) is 0 Å². The Labute approximate surface area is 118 Å². The van der Waals surface area contributed by atoms with E-state index in [0.717, 1.165) is 17.1 Å². The van der Waals surface area contributed by atoms with E-state index in [9.17, 15) is 4.39 Å². The van der Waals surface area contributed by atoms with Crippen LogP contribution in [0.4, 0.5) is 4.39 Å². The molecule has 0 amide bonds. The van der Waals surface area contributed by atoms with Gasteiger partial charge in [0.2, 0.25) is 0 Å². The van der Waals surface area contributed by atoms with Gasteiger partial charge in [-0.25, -0.2) is 4.39 Å². The van der Waals surface area contributed by atoms with Crippen LogP contribution in [0.3, 0.4) is 0 Å². The SMILES string of the molecule is CCOc1ccc(OCc2ccc(F)c(CN)c2)cc1. The molecule has 0 bridgehead atoms. The second-order valence-electron chi connectivity index (χ2n) is 4.32. The summed E-state index contributed by atoms with van der Waals surface area (Å²) < 4.78 is 24.3. The molecule has 3 nitrogen and oxygen atoms in total. The van der Waals surface area contributed by atoms with Gasteiger partial charge in [0.15, 0.2) is 0 Å². The Morgan fingerprint density at radius 2 is 1.65 bits per heavy atom. The summed E-state index contributed by atoms with van der Waals surface area (Å²) in [4.78, 5) is 0. The number of benzene rings is 2. The average Bonchev–Trinajstić information content (AvgIpc) is 2.48. The highest BCUT2D eigenvalue weighted by Gasteiger charge is 2.03. The largest absolute Gasteiger partial charge is 0.494 e. The van der Waals surface area contributed by atoms with Crippen molar-refractivity contribution < 1.29 is 13.9 Å². The zero-order valence-corrected chi connectivity index (χ0v) is 11.4. The first-order valence-corrected chi connectivity index (χ1v) is 6.56. The predicted octanol–water partition coefficient (Wildman–Crippen LogP) is 3.26. The number of nitrogens with two attached hydrogens (primary N) is 1. The molecule has 0 heterocycles. The third kappa shape index (κ3) is 3.71. The monoisotopic (exact) mass is 275 g/mol. The molecule has 0 spiro atoms. The van der Waals surface area contributed by atoms with Gasteiger partial charge in [-0.2, -0.15) is 0 Å². The van der Waals surface area contributed by atoms with Crippen LogP contribution in [0.2, 0.25) is 0 Å². The van der Waals surface area contributed by atoms with Gasteiger partial charge in [0.1, 0.15) is 23.9 Å². The molecule has 4 heteroatoms. The minimum Gasteiger partial charge on any atom is -0.494 e. The molecule has 0 unspecified atom stereocenters. The van der Waals surface area contributed by atoms with E-state index in [1.807, 2.05) is 31.2 Å². The molecule has 0 saturated heterocycles. The molecule has 0 aromatic heterocycles. The van der Waals surface area contributed by atoms with Crippen LogP contribution in [0.1, 0.15) is 18.1 Å². The van der Waals surface area contributed by atoms with Gasteiger partial charge in [0.05, 0.1) is 6.61 Å². The number of hydrogen-bond donors (Lipinski definition) is 1. The van der Waals surface area contributed by atoms with Gasteiger partial charge >= 0.3 is 0 Å². The fourth-order valence-electron chi connectivity index (χ4n) is 1.84. The molecule has 2 rings (SSSR count). The molecule has 0 aliphatic heterocycles. The number of rotatable bonds is 6. The second kappa shape index (κ2) is 6.91. The Morgan fingerprint density at radius 3 is 2.25 bits per heavy atom. The van der Waals surface area contributed by atoms with Gasteiger partial charge in [-0.15, -0.1) is 0 Å². The topological polar surface area (TPSA) is 44.5 Å². The van der Waals surface area contributed by atoms with Crippen LogP contribution in [0.25, 0.3) is 0 Å². The maximum absolute atomic E-state index is 13.3. The number of ether oxygens (including phenoxy) is 2. The Hall–Kier alpha value is -2.07. The molecule has 2 N–H and O–H groups in total. The van der Waals surface area contributed by atoms with Crippen LogP contribution in [-0.4, -0.2) is 6.61 Å². The van der Waals surface area contributed by atoms with Gasteiger partial charge in [0, 0.05) is 12.1 Å². The van der Waals surface area contributed by atoms with Gasteiger partial charge in [-0.3, -0.25) is 0 Å². The van der Waals surface area contributed by atoms with Crippen molar-refractivity contribution in [1.82, 2.24) is 0 Å². The van der Waals surface area contributed by atoms with Crippen molar-refractivity contribution in [3.8, 4) is 11.5 Å². The van der Waals surface area contributed by atoms with Gasteiger partial charge < -0.3 is 15.2 Å². The molecule has 0 aliphatic carbocycles. The van der Waals surface area contributed by atoms with E-state index in [-0.39, 0.29) is 12.4 Å². The molecule has 0 aliphatic rings. The summed E-state index contributed by atoms with van der Waals surface area (Å²) in [6, 6.07) is 12.2. The van der Waals surface area contributed by atoms with E-state index in [1.54, 1.807) is 12.1 Å². The van der Waals surface area contributed by atoms with Gasteiger partial charge in [-0.05, 0) is 48.9 Å². The fraction of sp³-hybridized carbons (Fsp3) is 0.250. The predicted molar refractivity (Wildman–Crippen MR) is 76.2 cm³/mol. The lowest BCUT2D eigenvalue weighted by atomic mass is 10.1. The van der Waals surface area contributed by atoms with Crippen LogP contribution in [-0.2, 0) is 13.2 Å². The fourth-order valence-corrected chi connectivity index (χ4v) is 1.84. The maximum Gasteiger partial charge on any atom is 0.127 e. The minimum atomic E-state index is -0.280. The molecule has 2 aromatic carbocycles. The van der Waals surface area contributed by atoms with E-state index in [2.05, 4.69) is 0 Å². The molecule has 20 heavy (non-hydrogen) atoms. The third-order valence-electron chi connectivity index (χ3n) is 2.87. The molecule has 2 aromatic rings. The summed E-state index contributed by atoms with van der Waals surface area (Å²) in [7, 11) is 0. The maximum atomic E-state index is 13.3. The number of halogens is 1. The van der Waals surface area contributed by atoms with Crippen molar-refractivity contribution in [1.29, 1.82) is 0 Å². The Balaban J connectivity index is 1.97. The molecule has 0 fully saturated rings. The average molecular weight is 275 g/mol. The van der Waals surface area contributed by atoms with E-state index in [1.165, 1.54) is 6.07 Å². The zero-order valence-electron chi connectivity index (χ0n) is 11.4. The van der Waals surface area contributed by atoms with Crippen LogP contribution in [0, 0.1) is 5.82 Å². The molecule has 0 atom stereocenters. The highest BCUT2D eigenvalue weighted by atomic mass is 19.1. The smallest absolute Gasteiger partial charge is 0.127 e. The highest BCUT2D eigenvalue weighted by Crippen LogP contribution is 2.19. The van der Waals surface area contributed by atoms with Crippen LogP contribution in [0.5, 0.6) is 11.5 Å². The molecular formula is C16H18FNO2. The van der Waals surface area contributed by atoms with Gasteiger partial charge in [0.25, 0.3) is 0 Å². The minimum absolute atomic E-state index is 0.183. The van der Waals surface area contributed by atoms with Crippen molar-refractivity contribution in [2.24, 2.45) is 5.73 Å². The lowest BCUT2D eigenvalue weighted by Crippen LogP contribution is -2.02. The van der Waals surface area contributed by atoms with E-state index < -0.39 is 0 Å². The second-order valence-corrected chi connectivity index (χ2v) is 4.32. The van der Waals surface area contributed by atoms with Crippen LogP contribution >= 0.6 is 0 Å². The first-order chi connectivity index (χ1) is 9.72. The Bertz CT molecular complexity index is 555. The van der Waals surface area contributed by atoms with Crippen LogP contribution in [0.15, 0.2) is 42.5 Å². The molecular weight excluding hydrogens is 257 g/mol. The third-order valence-corrected chi connectivity index (χ3v) is 2.87. The summed E-state index contributed by atoms with van der Waals surface area (Å²) >= 11 is 0. The molecule has 0 radical (unpaired) electrons. The quantitative estimate of drug-likeness (QED) is 0.880. The van der Waals surface area contributed by atoms with Crippen LogP contribution < -0.4 is 15.2 Å². The van der Waals surface area contributed by atoms with Crippen molar-refractivity contribution in [2.75, 3.05) is 6.61 Å². The Morgan fingerprint density at radius 1 is 1.00 bits per heavy atom. The molecule has 0 saturated carbocycles. The van der Waals surface area contributed by atoms with Crippen molar-refractivity contribution >= 4 is 0 Å². The van der Waals surface area contributed by atoms with E-state index in [4.69, 9.17) is 15.2 Å². The summed E-state index contributed by atoms with van der Waals surface area (Å²) in [6.45, 7) is 3.13. The van der Waals surface area contributed by atoms with E-state index in [0.29, 0.717) is 18.8 Å². The zero-order chi connectivity index (χ0) is 14.4. The number of hydrogen-bond acceptors (Lipinski definition) is 3. The summed E-state index contributed by atoms with van der Waals surface area (Å²) in [5, 5.41) is 0. The first kappa shape index (κ1) is 14.3. The standard InChI is InChI=1S/C16H18FNO2/c1-2-19-14-4-6-15(7-5-14)20-11-12-3-8-16(17)13(9-12)10-18/h3-9H,2,10-11,18H2,1H3. The first-order valence-electron chi connectivity index (χ1n) is 6.56. The van der Waals surface area contributed by atoms with E-state index >= 15 is 0 Å². The summed E-state index contributed by atoms with van der Waals surface area (Å²) in [5.74, 6) is 1.27. The van der Waals surface area contributed by atoms with Crippen molar-refractivity contribution in [3.05, 3.63) is 59.4 Å². The molecule has 106 valence electrons. The lowest BCUT2D eigenvalue weighted by molar-refractivity contribution is 0.303. The lowest BCUT2D eigenvalue weighted by Gasteiger charge is -2.09. The highest BCUT2D eigenvalue weighted by molar-refractivity contribution is 5.32. The van der Waals surface area contributed by atoms with Crippen molar-refractivity contribution in [2.45, 2.75) is 20.1 Å². The van der Waals surface area contributed by atoms with Gasteiger partial charge in [-0.1, -0.05) is 6.07 Å². The normalized spacial score (nSPS) is 10.3. The Kier molecular flexibility index (Phi) is 4.96.